The van der Waals surface area contributed by atoms with Crippen molar-refractivity contribution in [3.05, 3.63) is 113 Å². The number of hydrogen-bond acceptors (Lipinski definition) is 3. The van der Waals surface area contributed by atoms with Gasteiger partial charge in [-0.1, -0.05) is 54.1 Å². The van der Waals surface area contributed by atoms with Crippen molar-refractivity contribution in [3.63, 3.8) is 0 Å². The molecule has 7 nitrogen and oxygen atoms in total. The molecular weight excluding hydrogens is 464 g/mol. The van der Waals surface area contributed by atoms with Crippen LogP contribution < -0.4 is 10.2 Å². The van der Waals surface area contributed by atoms with Gasteiger partial charge < -0.3 is 10.3 Å². The van der Waals surface area contributed by atoms with Crippen LogP contribution in [0.2, 0.25) is 0 Å². The standard InChI is InChI=1S/C30H26N4O3/c1-3-16-31-28(35)20-12-14-21(15-13-20)33-29(36)25-17-23-22-6-4-5-7-24(22)32-26(23)27(34(25)30(33)37)19-10-8-18(2)9-11-19/h3-15,25,27,32H,1,16-17H2,2H3,(H,31,35)/t25-,27+/m0/s1. The topological polar surface area (TPSA) is 85.5 Å². The third kappa shape index (κ3) is 3.62. The van der Waals surface area contributed by atoms with Crippen LogP contribution in [0.25, 0.3) is 10.9 Å². The molecule has 0 bridgehead atoms. The van der Waals surface area contributed by atoms with Crippen molar-refractivity contribution in [2.45, 2.75) is 25.4 Å². The number of nitrogens with one attached hydrogen (secondary N) is 2. The molecular formula is C30H26N4O3. The summed E-state index contributed by atoms with van der Waals surface area (Å²) in [5.41, 5.74) is 5.96. The number of fused-ring (bicyclic) bond motifs is 4. The minimum atomic E-state index is -0.624. The first-order valence-electron chi connectivity index (χ1n) is 12.3. The normalized spacial score (nSPS) is 18.6. The highest BCUT2D eigenvalue weighted by molar-refractivity contribution is 6.22. The van der Waals surface area contributed by atoms with Crippen LogP contribution in [-0.2, 0) is 11.2 Å². The summed E-state index contributed by atoms with van der Waals surface area (Å²) < 4.78 is 0. The monoisotopic (exact) mass is 490 g/mol. The molecule has 1 fully saturated rings. The van der Waals surface area contributed by atoms with Gasteiger partial charge in [-0.05, 0) is 48.4 Å². The van der Waals surface area contributed by atoms with E-state index < -0.39 is 12.1 Å². The molecule has 0 radical (unpaired) electrons. The number of benzene rings is 3. The summed E-state index contributed by atoms with van der Waals surface area (Å²) in [5, 5.41) is 3.80. The molecule has 3 aromatic carbocycles. The van der Waals surface area contributed by atoms with E-state index in [1.54, 1.807) is 35.2 Å². The van der Waals surface area contributed by atoms with Gasteiger partial charge in [-0.2, -0.15) is 0 Å². The molecule has 3 heterocycles. The maximum Gasteiger partial charge on any atom is 0.332 e. The lowest BCUT2D eigenvalue weighted by Gasteiger charge is -2.36. The lowest BCUT2D eigenvalue weighted by atomic mass is 9.88. The van der Waals surface area contributed by atoms with E-state index in [1.807, 2.05) is 49.4 Å². The maximum atomic E-state index is 13.9. The van der Waals surface area contributed by atoms with Gasteiger partial charge in [0.15, 0.2) is 0 Å². The molecule has 2 atom stereocenters. The molecule has 1 aromatic heterocycles. The number of aromatic nitrogens is 1. The van der Waals surface area contributed by atoms with Gasteiger partial charge in [0.1, 0.15) is 12.1 Å². The molecule has 2 aliphatic rings. The van der Waals surface area contributed by atoms with Gasteiger partial charge in [0, 0.05) is 35.1 Å². The lowest BCUT2D eigenvalue weighted by molar-refractivity contribution is -0.120. The Morgan fingerprint density at radius 1 is 1.05 bits per heavy atom. The highest BCUT2D eigenvalue weighted by atomic mass is 16.2. The third-order valence-corrected chi connectivity index (χ3v) is 7.24. The second-order valence-corrected chi connectivity index (χ2v) is 9.51. The first-order chi connectivity index (χ1) is 18.0. The van der Waals surface area contributed by atoms with Crippen molar-refractivity contribution in [2.75, 3.05) is 11.4 Å². The van der Waals surface area contributed by atoms with Crippen molar-refractivity contribution in [2.24, 2.45) is 0 Å². The summed E-state index contributed by atoms with van der Waals surface area (Å²) in [6, 6.07) is 21.3. The van der Waals surface area contributed by atoms with Crippen LogP contribution in [-0.4, -0.2) is 40.3 Å². The van der Waals surface area contributed by atoms with Gasteiger partial charge in [-0.25, -0.2) is 9.69 Å². The molecule has 2 N–H and O–H groups in total. The Labute approximate surface area is 214 Å². The highest BCUT2D eigenvalue weighted by Crippen LogP contribution is 2.44. The van der Waals surface area contributed by atoms with E-state index in [4.69, 9.17) is 0 Å². The van der Waals surface area contributed by atoms with Crippen LogP contribution in [0.15, 0.2) is 85.5 Å². The Kier molecular flexibility index (Phi) is 5.41. The zero-order chi connectivity index (χ0) is 25.7. The number of anilines is 1. The number of rotatable bonds is 5. The average molecular weight is 491 g/mol. The first kappa shape index (κ1) is 22.8. The Bertz CT molecular complexity index is 1550. The number of nitrogens with zero attached hydrogens (tertiary/aromatic N) is 2. The fraction of sp³-hybridized carbons (Fsp3) is 0.167. The molecule has 2 aliphatic heterocycles. The number of carbonyl (C=O) groups is 3. The van der Waals surface area contributed by atoms with Crippen LogP contribution in [0, 0.1) is 6.92 Å². The predicted octanol–water partition coefficient (Wildman–Crippen LogP) is 4.88. The average Bonchev–Trinajstić information content (AvgIpc) is 3.41. The van der Waals surface area contributed by atoms with Crippen molar-refractivity contribution < 1.29 is 14.4 Å². The molecule has 0 saturated carbocycles. The summed E-state index contributed by atoms with van der Waals surface area (Å²) in [6.45, 7) is 5.98. The largest absolute Gasteiger partial charge is 0.356 e. The summed E-state index contributed by atoms with van der Waals surface area (Å²) in [7, 11) is 0. The van der Waals surface area contributed by atoms with E-state index in [1.165, 1.54) is 4.90 Å². The molecule has 4 amide bonds. The van der Waals surface area contributed by atoms with Crippen molar-refractivity contribution in [1.29, 1.82) is 0 Å². The van der Waals surface area contributed by atoms with E-state index in [9.17, 15) is 14.4 Å². The molecule has 1 saturated heterocycles. The van der Waals surface area contributed by atoms with Crippen LogP contribution in [0.3, 0.4) is 0 Å². The van der Waals surface area contributed by atoms with Gasteiger partial charge in [0.2, 0.25) is 0 Å². The second kappa shape index (κ2) is 8.78. The van der Waals surface area contributed by atoms with E-state index in [0.717, 1.165) is 33.3 Å². The smallest absolute Gasteiger partial charge is 0.332 e. The number of aryl methyl sites for hydroxylation is 1. The van der Waals surface area contributed by atoms with Crippen LogP contribution in [0.4, 0.5) is 10.5 Å². The second-order valence-electron chi connectivity index (χ2n) is 9.51. The van der Waals surface area contributed by atoms with E-state index in [2.05, 4.69) is 22.9 Å². The lowest BCUT2D eigenvalue weighted by Crippen LogP contribution is -2.44. The number of carbonyl (C=O) groups excluding carboxylic acids is 3. The van der Waals surface area contributed by atoms with Crippen LogP contribution in [0.5, 0.6) is 0 Å². The Morgan fingerprint density at radius 2 is 1.78 bits per heavy atom. The third-order valence-electron chi connectivity index (χ3n) is 7.24. The number of amides is 4. The molecule has 6 rings (SSSR count). The molecule has 7 heteroatoms. The molecule has 184 valence electrons. The fourth-order valence-electron chi connectivity index (χ4n) is 5.44. The van der Waals surface area contributed by atoms with Crippen LogP contribution >= 0.6 is 0 Å². The Morgan fingerprint density at radius 3 is 2.51 bits per heavy atom. The SMILES string of the molecule is C=CCNC(=O)c1ccc(N2C(=O)[C@@H]3Cc4c([nH]c5ccccc45)[C@@H](c4ccc(C)cc4)N3C2=O)cc1. The quantitative estimate of drug-likeness (QED) is 0.309. The first-order valence-corrected chi connectivity index (χ1v) is 12.3. The van der Waals surface area contributed by atoms with E-state index in [-0.39, 0.29) is 17.8 Å². The summed E-state index contributed by atoms with van der Waals surface area (Å²) >= 11 is 0. The van der Waals surface area contributed by atoms with Gasteiger partial charge in [0.25, 0.3) is 11.8 Å². The minimum absolute atomic E-state index is 0.243. The number of imide groups is 1. The molecule has 4 aromatic rings. The fourth-order valence-corrected chi connectivity index (χ4v) is 5.44. The number of aromatic amines is 1. The van der Waals surface area contributed by atoms with Gasteiger partial charge >= 0.3 is 6.03 Å². The molecule has 0 unspecified atom stereocenters. The van der Waals surface area contributed by atoms with Crippen molar-refractivity contribution in [3.8, 4) is 0 Å². The van der Waals surface area contributed by atoms with Gasteiger partial charge in [0.05, 0.1) is 5.69 Å². The highest BCUT2D eigenvalue weighted by Gasteiger charge is 2.53. The molecule has 0 aliphatic carbocycles. The van der Waals surface area contributed by atoms with Crippen LogP contribution in [0.1, 0.15) is 38.8 Å². The predicted molar refractivity (Wildman–Crippen MR) is 143 cm³/mol. The van der Waals surface area contributed by atoms with Crippen molar-refractivity contribution in [1.82, 2.24) is 15.2 Å². The van der Waals surface area contributed by atoms with E-state index in [0.29, 0.717) is 24.2 Å². The summed E-state index contributed by atoms with van der Waals surface area (Å²) in [5.74, 6) is -0.505. The number of H-pyrrole nitrogens is 1. The zero-order valence-corrected chi connectivity index (χ0v) is 20.4. The minimum Gasteiger partial charge on any atom is -0.356 e. The zero-order valence-electron chi connectivity index (χ0n) is 20.4. The summed E-state index contributed by atoms with van der Waals surface area (Å²) in [6.07, 6.45) is 2.04. The Hall–Kier alpha value is -4.65. The Balaban J connectivity index is 1.41. The van der Waals surface area contributed by atoms with Gasteiger partial charge in [-0.15, -0.1) is 6.58 Å². The number of hydrogen-bond donors (Lipinski definition) is 2. The molecule has 0 spiro atoms. The summed E-state index contributed by atoms with van der Waals surface area (Å²) in [4.78, 5) is 46.5. The maximum absolute atomic E-state index is 13.9. The van der Waals surface area contributed by atoms with Gasteiger partial charge in [-0.3, -0.25) is 14.5 Å². The number of urea groups is 1. The van der Waals surface area contributed by atoms with E-state index >= 15 is 0 Å². The van der Waals surface area contributed by atoms with Crippen molar-refractivity contribution >= 4 is 34.4 Å². The molecule has 37 heavy (non-hydrogen) atoms. The number of para-hydroxylation sites is 1.